The highest BCUT2D eigenvalue weighted by molar-refractivity contribution is 5.84. The number of aryl methyl sites for hydroxylation is 1. The van der Waals surface area contributed by atoms with Crippen LogP contribution in [0.4, 0.5) is 0 Å². The van der Waals surface area contributed by atoms with Crippen LogP contribution in [0.3, 0.4) is 0 Å². The second-order valence-electron chi connectivity index (χ2n) is 11.1. The molecule has 0 spiro atoms. The fourth-order valence-electron chi connectivity index (χ4n) is 5.64. The van der Waals surface area contributed by atoms with Gasteiger partial charge in [-0.3, -0.25) is 18.8 Å². The van der Waals surface area contributed by atoms with Gasteiger partial charge in [-0.2, -0.15) is 4.98 Å². The standard InChI is InChI=1S/C36H36N4O5/c1-25-20-29(18-19-39(25)22-34(41)43-3)28-14-15-30-32(21-28)38(2)36(42)40(30)31-16-17-33(44-23-26-10-6-4-7-11-26)37-35(31)45-24-27-12-8-5-9-13-27/h4-17,20-21,25H,18-19,22-24H2,1-3H3/t25-/m1/s1. The fourth-order valence-corrected chi connectivity index (χ4v) is 5.64. The van der Waals surface area contributed by atoms with Crippen molar-refractivity contribution in [3.8, 4) is 17.4 Å². The quantitative estimate of drug-likeness (QED) is 0.194. The lowest BCUT2D eigenvalue weighted by Gasteiger charge is -2.31. The molecule has 6 rings (SSSR count). The summed E-state index contributed by atoms with van der Waals surface area (Å²) in [6.07, 6.45) is 2.96. The third kappa shape index (κ3) is 6.53. The van der Waals surface area contributed by atoms with E-state index in [4.69, 9.17) is 19.2 Å². The SMILES string of the molecule is COC(=O)CN1CCC(c2ccc3c(c2)n(C)c(=O)n3-c2ccc(OCc3ccccc3)nc2OCc2ccccc2)=C[C@H]1C. The number of nitrogens with zero attached hydrogens (tertiary/aromatic N) is 4. The van der Waals surface area contributed by atoms with Gasteiger partial charge in [0.25, 0.3) is 0 Å². The third-order valence-electron chi connectivity index (χ3n) is 8.18. The highest BCUT2D eigenvalue weighted by atomic mass is 16.5. The number of esters is 1. The molecule has 0 saturated carbocycles. The number of hydrogen-bond acceptors (Lipinski definition) is 7. The Hall–Kier alpha value is -5.15. The second kappa shape index (κ2) is 13.2. The van der Waals surface area contributed by atoms with Crippen molar-refractivity contribution in [1.29, 1.82) is 0 Å². The Morgan fingerprint density at radius 3 is 2.24 bits per heavy atom. The predicted octanol–water partition coefficient (Wildman–Crippen LogP) is 5.53. The van der Waals surface area contributed by atoms with Crippen LogP contribution in [0.25, 0.3) is 22.3 Å². The minimum absolute atomic E-state index is 0.0787. The zero-order chi connectivity index (χ0) is 31.3. The van der Waals surface area contributed by atoms with E-state index in [9.17, 15) is 9.59 Å². The molecule has 0 fully saturated rings. The first kappa shape index (κ1) is 29.9. The van der Waals surface area contributed by atoms with Crippen LogP contribution in [0.2, 0.25) is 0 Å². The Morgan fingerprint density at radius 1 is 0.889 bits per heavy atom. The summed E-state index contributed by atoms with van der Waals surface area (Å²) in [5, 5.41) is 0. The van der Waals surface area contributed by atoms with Gasteiger partial charge in [0.1, 0.15) is 18.9 Å². The summed E-state index contributed by atoms with van der Waals surface area (Å²) in [7, 11) is 3.18. The Morgan fingerprint density at radius 2 is 1.58 bits per heavy atom. The first-order valence-corrected chi connectivity index (χ1v) is 15.0. The average molecular weight is 605 g/mol. The van der Waals surface area contributed by atoms with Gasteiger partial charge >= 0.3 is 11.7 Å². The number of hydrogen-bond donors (Lipinski definition) is 0. The zero-order valence-corrected chi connectivity index (χ0v) is 25.7. The lowest BCUT2D eigenvalue weighted by molar-refractivity contribution is -0.142. The van der Waals surface area contributed by atoms with E-state index in [-0.39, 0.29) is 30.9 Å². The van der Waals surface area contributed by atoms with Gasteiger partial charge < -0.3 is 14.2 Å². The number of imidazole rings is 1. The minimum atomic E-state index is -0.242. The van der Waals surface area contributed by atoms with Crippen LogP contribution in [0.5, 0.6) is 11.8 Å². The maximum absolute atomic E-state index is 13.8. The van der Waals surface area contributed by atoms with Crippen molar-refractivity contribution in [1.82, 2.24) is 19.0 Å². The summed E-state index contributed by atoms with van der Waals surface area (Å²) in [6, 6.07) is 29.5. The van der Waals surface area contributed by atoms with Crippen molar-refractivity contribution < 1.29 is 19.0 Å². The van der Waals surface area contributed by atoms with Gasteiger partial charge in [0.05, 0.1) is 24.7 Å². The largest absolute Gasteiger partial charge is 0.473 e. The number of methoxy groups -OCH3 is 1. The molecule has 0 unspecified atom stereocenters. The maximum Gasteiger partial charge on any atom is 0.333 e. The smallest absolute Gasteiger partial charge is 0.333 e. The van der Waals surface area contributed by atoms with Gasteiger partial charge in [-0.25, -0.2) is 4.79 Å². The van der Waals surface area contributed by atoms with E-state index in [0.717, 1.165) is 40.7 Å². The van der Waals surface area contributed by atoms with Crippen molar-refractivity contribution in [2.75, 3.05) is 20.2 Å². The molecule has 0 N–H and O–H groups in total. The molecule has 9 nitrogen and oxygen atoms in total. The van der Waals surface area contributed by atoms with E-state index in [1.54, 1.807) is 22.2 Å². The van der Waals surface area contributed by atoms with Crippen molar-refractivity contribution in [2.45, 2.75) is 32.6 Å². The molecule has 1 aliphatic heterocycles. The second-order valence-corrected chi connectivity index (χ2v) is 11.1. The molecule has 0 bridgehead atoms. The predicted molar refractivity (Wildman–Crippen MR) is 174 cm³/mol. The first-order chi connectivity index (χ1) is 21.9. The molecule has 9 heteroatoms. The van der Waals surface area contributed by atoms with Crippen LogP contribution in [0, 0.1) is 0 Å². The summed E-state index contributed by atoms with van der Waals surface area (Å²) >= 11 is 0. The summed E-state index contributed by atoms with van der Waals surface area (Å²) in [4.78, 5) is 32.4. The Kier molecular flexibility index (Phi) is 8.79. The molecule has 2 aromatic heterocycles. The first-order valence-electron chi connectivity index (χ1n) is 15.0. The maximum atomic E-state index is 13.8. The number of ether oxygens (including phenoxy) is 3. The highest BCUT2D eigenvalue weighted by Gasteiger charge is 2.23. The summed E-state index contributed by atoms with van der Waals surface area (Å²) in [5.41, 5.74) is 6.09. The molecule has 230 valence electrons. The van der Waals surface area contributed by atoms with Gasteiger partial charge in [0.15, 0.2) is 0 Å². The van der Waals surface area contributed by atoms with Crippen LogP contribution in [0.1, 0.15) is 30.0 Å². The number of pyridine rings is 1. The minimum Gasteiger partial charge on any atom is -0.473 e. The molecule has 0 aliphatic carbocycles. The van der Waals surface area contributed by atoms with Crippen LogP contribution < -0.4 is 15.2 Å². The number of aromatic nitrogens is 3. The van der Waals surface area contributed by atoms with Crippen molar-refractivity contribution in [3.63, 3.8) is 0 Å². The highest BCUT2D eigenvalue weighted by Crippen LogP contribution is 2.31. The third-order valence-corrected chi connectivity index (χ3v) is 8.18. The number of carbonyl (C=O) groups excluding carboxylic acids is 1. The van der Waals surface area contributed by atoms with Gasteiger partial charge in [-0.05, 0) is 53.8 Å². The van der Waals surface area contributed by atoms with Crippen molar-refractivity contribution in [3.05, 3.63) is 124 Å². The number of fused-ring (bicyclic) bond motifs is 1. The van der Waals surface area contributed by atoms with Crippen LogP contribution in [0.15, 0.2) is 102 Å². The molecule has 1 aliphatic rings. The fraction of sp³-hybridized carbons (Fsp3) is 0.250. The number of benzene rings is 3. The molecule has 45 heavy (non-hydrogen) atoms. The van der Waals surface area contributed by atoms with E-state index in [1.165, 1.54) is 12.7 Å². The van der Waals surface area contributed by atoms with Crippen LogP contribution in [-0.2, 0) is 29.8 Å². The molecular weight excluding hydrogens is 568 g/mol. The van der Waals surface area contributed by atoms with Crippen LogP contribution >= 0.6 is 0 Å². The summed E-state index contributed by atoms with van der Waals surface area (Å²) in [6.45, 7) is 3.72. The molecular formula is C36H36N4O5. The average Bonchev–Trinajstić information content (AvgIpc) is 3.32. The van der Waals surface area contributed by atoms with Gasteiger partial charge in [0, 0.05) is 25.7 Å². The number of rotatable bonds is 10. The van der Waals surface area contributed by atoms with Gasteiger partial charge in [-0.1, -0.05) is 72.8 Å². The molecule has 1 atom stereocenters. The normalized spacial score (nSPS) is 15.1. The van der Waals surface area contributed by atoms with Crippen LogP contribution in [-0.4, -0.2) is 51.2 Å². The molecule has 0 amide bonds. The monoisotopic (exact) mass is 604 g/mol. The Bertz CT molecular complexity index is 1900. The number of carbonyl (C=O) groups is 1. The molecule has 0 saturated heterocycles. The molecule has 3 heterocycles. The van der Waals surface area contributed by atoms with E-state index in [2.05, 4.69) is 24.0 Å². The van der Waals surface area contributed by atoms with E-state index >= 15 is 0 Å². The molecule has 0 radical (unpaired) electrons. The van der Waals surface area contributed by atoms with Gasteiger partial charge in [0.2, 0.25) is 11.8 Å². The summed E-state index contributed by atoms with van der Waals surface area (Å²) in [5.74, 6) is 0.465. The van der Waals surface area contributed by atoms with E-state index < -0.39 is 0 Å². The van der Waals surface area contributed by atoms with Gasteiger partial charge in [-0.15, -0.1) is 0 Å². The van der Waals surface area contributed by atoms with Crippen molar-refractivity contribution >= 4 is 22.6 Å². The van der Waals surface area contributed by atoms with Crippen molar-refractivity contribution in [2.24, 2.45) is 7.05 Å². The molecule has 3 aromatic carbocycles. The summed E-state index contributed by atoms with van der Waals surface area (Å²) < 4.78 is 20.4. The van der Waals surface area contributed by atoms with E-state index in [1.807, 2.05) is 78.9 Å². The zero-order valence-electron chi connectivity index (χ0n) is 25.7. The Labute approximate surface area is 261 Å². The Balaban J connectivity index is 1.34. The topological polar surface area (TPSA) is 87.8 Å². The lowest BCUT2D eigenvalue weighted by atomic mass is 9.96. The van der Waals surface area contributed by atoms with E-state index in [0.29, 0.717) is 24.1 Å². The molecule has 5 aromatic rings. The lowest BCUT2D eigenvalue weighted by Crippen LogP contribution is -2.39.